The van der Waals surface area contributed by atoms with Crippen molar-refractivity contribution < 1.29 is 9.18 Å². The molecule has 3 atom stereocenters. The van der Waals surface area contributed by atoms with Crippen LogP contribution in [0.2, 0.25) is 0 Å². The van der Waals surface area contributed by atoms with E-state index < -0.39 is 11.7 Å². The van der Waals surface area contributed by atoms with Crippen molar-refractivity contribution >= 4 is 29.0 Å². The molecule has 1 aliphatic carbocycles. The Hall–Kier alpha value is -3.64. The summed E-state index contributed by atoms with van der Waals surface area (Å²) >= 11 is 6.84. The summed E-state index contributed by atoms with van der Waals surface area (Å²) in [5, 5.41) is 17.2. The number of nitrogens with two attached hydrogens (primary N) is 1. The van der Waals surface area contributed by atoms with Gasteiger partial charge in [0.2, 0.25) is 0 Å². The van der Waals surface area contributed by atoms with Crippen LogP contribution in [0, 0.1) is 24.1 Å². The van der Waals surface area contributed by atoms with Crippen molar-refractivity contribution in [3.8, 4) is 17.2 Å². The van der Waals surface area contributed by atoms with Crippen molar-refractivity contribution in [1.82, 2.24) is 19.7 Å². The van der Waals surface area contributed by atoms with Gasteiger partial charge in [0.15, 0.2) is 0 Å². The largest absolute Gasteiger partial charge is 0.398 e. The van der Waals surface area contributed by atoms with Crippen LogP contribution >= 0.6 is 11.6 Å². The van der Waals surface area contributed by atoms with Gasteiger partial charge in [-0.3, -0.25) is 9.48 Å². The lowest BCUT2D eigenvalue weighted by Gasteiger charge is -2.24. The second-order valence-corrected chi connectivity index (χ2v) is 10.1. The van der Waals surface area contributed by atoms with Crippen LogP contribution in [-0.4, -0.2) is 51.6 Å². The van der Waals surface area contributed by atoms with Crippen LogP contribution in [0.25, 0.3) is 11.1 Å². The van der Waals surface area contributed by atoms with E-state index in [0.29, 0.717) is 30.6 Å². The van der Waals surface area contributed by atoms with Crippen LogP contribution in [0.1, 0.15) is 46.2 Å². The Morgan fingerprint density at radius 1 is 1.37 bits per heavy atom. The molecular formula is C25H25ClFN7O. The normalized spacial score (nSPS) is 22.6. The Morgan fingerprint density at radius 3 is 2.86 bits per heavy atom. The van der Waals surface area contributed by atoms with E-state index in [1.54, 1.807) is 43.2 Å². The number of nitriles is 1. The number of amides is 1. The first-order valence-corrected chi connectivity index (χ1v) is 11.7. The quantitative estimate of drug-likeness (QED) is 0.423. The third kappa shape index (κ3) is 3.60. The maximum Gasteiger partial charge on any atom is 0.258 e. The molecule has 3 N–H and O–H groups in total. The van der Waals surface area contributed by atoms with E-state index in [1.807, 2.05) is 13.0 Å². The molecule has 1 saturated carbocycles. The standard InChI is InChI=1S/C25H25ClFN7O/c1-13-6-15(10-28)34(32-13)20-9-25(8-18(20)26)12-31-23-17(25)7-14(11-30-23)16-4-5-19(29)21(22(16)27)24(35)33(2)3/h4-7,11,18,20H,8-9,12,29H2,1-3H3,(H,30,31)/t18?,20-,25+/m0/s1. The van der Waals surface area contributed by atoms with Gasteiger partial charge in [-0.15, -0.1) is 11.6 Å². The van der Waals surface area contributed by atoms with Crippen molar-refractivity contribution in [2.75, 3.05) is 31.7 Å². The molecule has 3 aromatic rings. The molecule has 1 spiro atoms. The second-order valence-electron chi connectivity index (χ2n) is 9.56. The highest BCUT2D eigenvalue weighted by atomic mass is 35.5. The maximum atomic E-state index is 15.5. The molecule has 180 valence electrons. The van der Waals surface area contributed by atoms with Gasteiger partial charge in [-0.2, -0.15) is 10.4 Å². The number of halogens is 2. The van der Waals surface area contributed by atoms with Gasteiger partial charge in [-0.1, -0.05) is 0 Å². The van der Waals surface area contributed by atoms with Gasteiger partial charge < -0.3 is 16.0 Å². The molecule has 8 nitrogen and oxygen atoms in total. The summed E-state index contributed by atoms with van der Waals surface area (Å²) in [6, 6.07) is 8.84. The van der Waals surface area contributed by atoms with Gasteiger partial charge in [0.25, 0.3) is 5.91 Å². The van der Waals surface area contributed by atoms with Gasteiger partial charge in [0.1, 0.15) is 23.4 Å². The average Bonchev–Trinajstić information content (AvgIpc) is 3.48. The third-order valence-electron chi connectivity index (χ3n) is 7.05. The number of aromatic nitrogens is 3. The molecule has 1 unspecified atom stereocenters. The molecule has 2 aromatic heterocycles. The fraction of sp³-hybridized carbons (Fsp3) is 0.360. The number of carbonyl (C=O) groups excluding carboxylic acids is 1. The predicted molar refractivity (Wildman–Crippen MR) is 132 cm³/mol. The zero-order chi connectivity index (χ0) is 25.1. The highest BCUT2D eigenvalue weighted by Gasteiger charge is 2.51. The molecule has 0 bridgehead atoms. The number of nitrogen functional groups attached to an aromatic ring is 1. The molecule has 1 aromatic carbocycles. The van der Waals surface area contributed by atoms with E-state index in [2.05, 4.69) is 21.5 Å². The Bertz CT molecular complexity index is 1400. The van der Waals surface area contributed by atoms with Crippen LogP contribution in [-0.2, 0) is 5.41 Å². The van der Waals surface area contributed by atoms with Crippen molar-refractivity contribution in [3.63, 3.8) is 0 Å². The predicted octanol–water partition coefficient (Wildman–Crippen LogP) is 3.85. The lowest BCUT2D eigenvalue weighted by Crippen LogP contribution is -2.26. The van der Waals surface area contributed by atoms with Gasteiger partial charge in [0, 0.05) is 54.6 Å². The Labute approximate surface area is 207 Å². The topological polar surface area (TPSA) is 113 Å². The van der Waals surface area contributed by atoms with Crippen molar-refractivity contribution in [1.29, 1.82) is 5.26 Å². The number of hydrogen-bond donors (Lipinski definition) is 2. The van der Waals surface area contributed by atoms with Crippen LogP contribution in [0.4, 0.5) is 15.9 Å². The van der Waals surface area contributed by atoms with Crippen LogP contribution in [0.15, 0.2) is 30.5 Å². The number of fused-ring (bicyclic) bond motifs is 2. The minimum atomic E-state index is -0.671. The molecular weight excluding hydrogens is 469 g/mol. The van der Waals surface area contributed by atoms with E-state index in [9.17, 15) is 10.1 Å². The van der Waals surface area contributed by atoms with Gasteiger partial charge in [-0.05, 0) is 44.0 Å². The van der Waals surface area contributed by atoms with Gasteiger partial charge >= 0.3 is 0 Å². The first-order valence-electron chi connectivity index (χ1n) is 11.3. The molecule has 35 heavy (non-hydrogen) atoms. The lowest BCUT2D eigenvalue weighted by molar-refractivity contribution is 0.0824. The van der Waals surface area contributed by atoms with E-state index in [1.165, 1.54) is 4.90 Å². The molecule has 10 heteroatoms. The smallest absolute Gasteiger partial charge is 0.258 e. The molecule has 1 fully saturated rings. The van der Waals surface area contributed by atoms with Crippen molar-refractivity contribution in [3.05, 3.63) is 58.8 Å². The number of anilines is 2. The summed E-state index contributed by atoms with van der Waals surface area (Å²) in [5.41, 5.74) is 8.55. The molecule has 3 heterocycles. The summed E-state index contributed by atoms with van der Waals surface area (Å²) in [5.74, 6) is -0.438. The summed E-state index contributed by atoms with van der Waals surface area (Å²) in [6.07, 6.45) is 2.91. The minimum absolute atomic E-state index is 0.0867. The monoisotopic (exact) mass is 493 g/mol. The average molecular weight is 494 g/mol. The SMILES string of the molecule is Cc1cc(C#N)n([C@H]2C[C@@]3(CNc4ncc(-c5ccc(N)c(C(=O)N(C)C)c5F)cc43)CC2Cl)n1. The second kappa shape index (κ2) is 8.24. The highest BCUT2D eigenvalue weighted by molar-refractivity contribution is 6.21. The zero-order valence-corrected chi connectivity index (χ0v) is 20.4. The van der Waals surface area contributed by atoms with Gasteiger partial charge in [0.05, 0.1) is 22.7 Å². The molecule has 0 radical (unpaired) electrons. The Kier molecular flexibility index (Phi) is 5.44. The first-order chi connectivity index (χ1) is 16.6. The zero-order valence-electron chi connectivity index (χ0n) is 19.6. The molecule has 1 amide bonds. The van der Waals surface area contributed by atoms with Crippen LogP contribution < -0.4 is 11.1 Å². The number of rotatable bonds is 3. The number of nitrogens with one attached hydrogen (secondary N) is 1. The Balaban J connectivity index is 1.56. The minimum Gasteiger partial charge on any atom is -0.398 e. The molecule has 1 aliphatic heterocycles. The lowest BCUT2D eigenvalue weighted by atomic mass is 9.80. The van der Waals surface area contributed by atoms with E-state index in [4.69, 9.17) is 17.3 Å². The van der Waals surface area contributed by atoms with Crippen LogP contribution in [0.5, 0.6) is 0 Å². The first kappa shape index (κ1) is 23.1. The fourth-order valence-electron chi connectivity index (χ4n) is 5.34. The number of alkyl halides is 1. The Morgan fingerprint density at radius 2 is 2.14 bits per heavy atom. The van der Waals surface area contributed by atoms with E-state index in [0.717, 1.165) is 17.1 Å². The van der Waals surface area contributed by atoms with Crippen molar-refractivity contribution in [2.45, 2.75) is 36.6 Å². The van der Waals surface area contributed by atoms with Gasteiger partial charge in [-0.25, -0.2) is 9.37 Å². The van der Waals surface area contributed by atoms with E-state index in [-0.39, 0.29) is 33.6 Å². The molecule has 2 aliphatic rings. The number of pyridine rings is 1. The summed E-state index contributed by atoms with van der Waals surface area (Å²) < 4.78 is 17.3. The number of nitrogens with zero attached hydrogens (tertiary/aromatic N) is 5. The van der Waals surface area contributed by atoms with Crippen molar-refractivity contribution in [2.24, 2.45) is 0 Å². The van der Waals surface area contributed by atoms with E-state index >= 15 is 4.39 Å². The van der Waals surface area contributed by atoms with Crippen LogP contribution in [0.3, 0.4) is 0 Å². The summed E-state index contributed by atoms with van der Waals surface area (Å²) in [7, 11) is 3.11. The number of hydrogen-bond acceptors (Lipinski definition) is 6. The maximum absolute atomic E-state index is 15.5. The number of benzene rings is 1. The fourth-order valence-corrected chi connectivity index (χ4v) is 5.83. The highest BCUT2D eigenvalue weighted by Crippen LogP contribution is 2.53. The third-order valence-corrected chi connectivity index (χ3v) is 7.49. The summed E-state index contributed by atoms with van der Waals surface area (Å²) in [6.45, 7) is 2.49. The number of carbonyl (C=O) groups is 1. The molecule has 5 rings (SSSR count). The molecule has 0 saturated heterocycles. The summed E-state index contributed by atoms with van der Waals surface area (Å²) in [4.78, 5) is 18.4. The number of aryl methyl sites for hydroxylation is 1.